The molecule has 1 aliphatic rings. The van der Waals surface area contributed by atoms with Gasteiger partial charge < -0.3 is 5.11 Å². The van der Waals surface area contributed by atoms with Gasteiger partial charge in [0.25, 0.3) is 0 Å². The average molecular weight is 245 g/mol. The minimum absolute atomic E-state index is 0.0767. The number of halogens is 3. The monoisotopic (exact) mass is 245 g/mol. The van der Waals surface area contributed by atoms with Gasteiger partial charge in [-0.15, -0.1) is 0 Å². The lowest BCUT2D eigenvalue weighted by Crippen LogP contribution is -2.31. The molecular formula is C12H14F3NO. The summed E-state index contributed by atoms with van der Waals surface area (Å²) in [7, 11) is 0. The van der Waals surface area contributed by atoms with Crippen molar-refractivity contribution in [2.24, 2.45) is 0 Å². The highest BCUT2D eigenvalue weighted by Crippen LogP contribution is 2.42. The molecule has 94 valence electrons. The fraction of sp³-hybridized carbons (Fsp3) is 0.583. The van der Waals surface area contributed by atoms with E-state index in [2.05, 4.69) is 4.98 Å². The van der Waals surface area contributed by atoms with E-state index in [1.165, 1.54) is 0 Å². The van der Waals surface area contributed by atoms with Crippen molar-refractivity contribution in [3.05, 3.63) is 29.6 Å². The molecule has 17 heavy (non-hydrogen) atoms. The first kappa shape index (κ1) is 12.4. The number of hydrogen-bond acceptors (Lipinski definition) is 2. The lowest BCUT2D eigenvalue weighted by Gasteiger charge is -2.34. The van der Waals surface area contributed by atoms with Crippen LogP contribution in [0.15, 0.2) is 18.5 Å². The Kier molecular flexibility index (Phi) is 3.12. The van der Waals surface area contributed by atoms with E-state index >= 15 is 0 Å². The summed E-state index contributed by atoms with van der Waals surface area (Å²) < 4.78 is 38.5. The molecule has 1 fully saturated rings. The fourth-order valence-corrected chi connectivity index (χ4v) is 2.42. The zero-order valence-corrected chi connectivity index (χ0v) is 9.30. The van der Waals surface area contributed by atoms with Crippen LogP contribution in [0.3, 0.4) is 0 Å². The first-order chi connectivity index (χ1) is 7.93. The van der Waals surface area contributed by atoms with Crippen LogP contribution in [0.1, 0.15) is 43.2 Å². The summed E-state index contributed by atoms with van der Waals surface area (Å²) in [5.74, 6) is 0. The number of hydrogen-bond donors (Lipinski definition) is 1. The Morgan fingerprint density at radius 1 is 1.18 bits per heavy atom. The third-order valence-corrected chi connectivity index (χ3v) is 3.31. The van der Waals surface area contributed by atoms with E-state index in [1.54, 1.807) is 0 Å². The SMILES string of the molecule is OC1(c2cnccc2C(F)(F)F)CCCCC1. The molecule has 1 saturated carbocycles. The summed E-state index contributed by atoms with van der Waals surface area (Å²) in [6, 6.07) is 0.932. The number of alkyl halides is 3. The Hall–Kier alpha value is -1.10. The van der Waals surface area contributed by atoms with E-state index < -0.39 is 17.3 Å². The molecule has 1 aliphatic carbocycles. The number of aromatic nitrogens is 1. The Balaban J connectivity index is 2.44. The number of aliphatic hydroxyl groups is 1. The molecule has 0 aliphatic heterocycles. The van der Waals surface area contributed by atoms with Crippen molar-refractivity contribution in [2.75, 3.05) is 0 Å². The van der Waals surface area contributed by atoms with E-state index in [0.717, 1.165) is 37.7 Å². The maximum Gasteiger partial charge on any atom is 0.416 e. The van der Waals surface area contributed by atoms with Crippen molar-refractivity contribution >= 4 is 0 Å². The maximum absolute atomic E-state index is 12.8. The zero-order valence-electron chi connectivity index (χ0n) is 9.30. The quantitative estimate of drug-likeness (QED) is 0.823. The molecule has 1 N–H and O–H groups in total. The summed E-state index contributed by atoms with van der Waals surface area (Å²) in [5.41, 5.74) is -2.21. The average Bonchev–Trinajstić information content (AvgIpc) is 2.29. The second kappa shape index (κ2) is 4.29. The van der Waals surface area contributed by atoms with Crippen LogP contribution in [0.4, 0.5) is 13.2 Å². The van der Waals surface area contributed by atoms with Crippen molar-refractivity contribution in [3.8, 4) is 0 Å². The minimum Gasteiger partial charge on any atom is -0.385 e. The lowest BCUT2D eigenvalue weighted by atomic mass is 9.78. The summed E-state index contributed by atoms with van der Waals surface area (Å²) in [6.45, 7) is 0. The topological polar surface area (TPSA) is 33.1 Å². The van der Waals surface area contributed by atoms with Crippen LogP contribution in [0.25, 0.3) is 0 Å². The van der Waals surface area contributed by atoms with Gasteiger partial charge in [-0.05, 0) is 18.9 Å². The highest BCUT2D eigenvalue weighted by atomic mass is 19.4. The molecule has 2 rings (SSSR count). The van der Waals surface area contributed by atoms with E-state index in [4.69, 9.17) is 0 Å². The molecule has 1 aromatic heterocycles. The molecule has 5 heteroatoms. The van der Waals surface area contributed by atoms with Gasteiger partial charge in [-0.2, -0.15) is 13.2 Å². The molecule has 0 spiro atoms. The first-order valence-electron chi connectivity index (χ1n) is 5.67. The Labute approximate surface area is 97.5 Å². The minimum atomic E-state index is -4.44. The highest BCUT2D eigenvalue weighted by molar-refractivity contribution is 5.32. The van der Waals surface area contributed by atoms with Crippen LogP contribution in [0.5, 0.6) is 0 Å². The Bertz CT molecular complexity index is 397. The van der Waals surface area contributed by atoms with Crippen molar-refractivity contribution in [1.82, 2.24) is 4.98 Å². The van der Waals surface area contributed by atoms with Crippen LogP contribution in [0, 0.1) is 0 Å². The van der Waals surface area contributed by atoms with Gasteiger partial charge in [0.1, 0.15) is 0 Å². The standard InChI is InChI=1S/C12H14F3NO/c13-12(14,15)9-4-7-16-8-10(9)11(17)5-2-1-3-6-11/h4,7-8,17H,1-3,5-6H2. The van der Waals surface area contributed by atoms with Crippen molar-refractivity contribution < 1.29 is 18.3 Å². The predicted octanol–water partition coefficient (Wildman–Crippen LogP) is 3.25. The van der Waals surface area contributed by atoms with Crippen LogP contribution in [-0.4, -0.2) is 10.1 Å². The molecule has 0 unspecified atom stereocenters. The maximum atomic E-state index is 12.8. The summed E-state index contributed by atoms with van der Waals surface area (Å²) in [4.78, 5) is 3.72. The number of pyridine rings is 1. The molecule has 2 nitrogen and oxygen atoms in total. The van der Waals surface area contributed by atoms with Gasteiger partial charge in [0.2, 0.25) is 0 Å². The molecule has 0 amide bonds. The van der Waals surface area contributed by atoms with E-state index in [0.29, 0.717) is 12.8 Å². The van der Waals surface area contributed by atoms with Crippen LogP contribution in [-0.2, 0) is 11.8 Å². The summed E-state index contributed by atoms with van der Waals surface area (Å²) in [5, 5.41) is 10.3. The molecule has 0 saturated heterocycles. The third kappa shape index (κ3) is 2.44. The molecule has 0 bridgehead atoms. The van der Waals surface area contributed by atoms with E-state index in [-0.39, 0.29) is 5.56 Å². The number of nitrogens with zero attached hydrogens (tertiary/aromatic N) is 1. The van der Waals surface area contributed by atoms with Gasteiger partial charge in [0, 0.05) is 18.0 Å². The van der Waals surface area contributed by atoms with Crippen LogP contribution in [0.2, 0.25) is 0 Å². The van der Waals surface area contributed by atoms with Crippen molar-refractivity contribution in [1.29, 1.82) is 0 Å². The molecule has 0 atom stereocenters. The van der Waals surface area contributed by atoms with Gasteiger partial charge in [0.05, 0.1) is 11.2 Å². The van der Waals surface area contributed by atoms with Crippen LogP contribution >= 0.6 is 0 Å². The number of rotatable bonds is 1. The summed E-state index contributed by atoms with van der Waals surface area (Å²) in [6.07, 6.45) is 1.04. The third-order valence-electron chi connectivity index (χ3n) is 3.31. The van der Waals surface area contributed by atoms with Crippen LogP contribution < -0.4 is 0 Å². The van der Waals surface area contributed by atoms with Crippen molar-refractivity contribution in [2.45, 2.75) is 43.9 Å². The van der Waals surface area contributed by atoms with Gasteiger partial charge in [-0.3, -0.25) is 4.98 Å². The lowest BCUT2D eigenvalue weighted by molar-refractivity contribution is -0.141. The Morgan fingerprint density at radius 2 is 1.82 bits per heavy atom. The first-order valence-corrected chi connectivity index (χ1v) is 5.67. The molecule has 0 radical (unpaired) electrons. The Morgan fingerprint density at radius 3 is 2.41 bits per heavy atom. The molecule has 0 aromatic carbocycles. The fourth-order valence-electron chi connectivity index (χ4n) is 2.42. The smallest absolute Gasteiger partial charge is 0.385 e. The highest BCUT2D eigenvalue weighted by Gasteiger charge is 2.41. The van der Waals surface area contributed by atoms with Gasteiger partial charge in [-0.1, -0.05) is 19.3 Å². The normalized spacial score (nSPS) is 20.2. The largest absolute Gasteiger partial charge is 0.416 e. The van der Waals surface area contributed by atoms with Gasteiger partial charge >= 0.3 is 6.18 Å². The van der Waals surface area contributed by atoms with Gasteiger partial charge in [0.15, 0.2) is 0 Å². The second-order valence-electron chi connectivity index (χ2n) is 4.51. The molecular weight excluding hydrogens is 231 g/mol. The molecule has 1 aromatic rings. The molecule has 1 heterocycles. The predicted molar refractivity (Wildman–Crippen MR) is 56.2 cm³/mol. The zero-order chi connectivity index (χ0) is 12.5. The summed E-state index contributed by atoms with van der Waals surface area (Å²) >= 11 is 0. The van der Waals surface area contributed by atoms with Gasteiger partial charge in [-0.25, -0.2) is 0 Å². The second-order valence-corrected chi connectivity index (χ2v) is 4.51. The van der Waals surface area contributed by atoms with E-state index in [1.807, 2.05) is 0 Å². The van der Waals surface area contributed by atoms with E-state index in [9.17, 15) is 18.3 Å². The van der Waals surface area contributed by atoms with Crippen molar-refractivity contribution in [3.63, 3.8) is 0 Å².